The minimum absolute atomic E-state index is 0.00883. The molecule has 0 amide bonds. The van der Waals surface area contributed by atoms with Crippen LogP contribution >= 0.6 is 0 Å². The van der Waals surface area contributed by atoms with Crippen molar-refractivity contribution in [2.75, 3.05) is 18.0 Å². The van der Waals surface area contributed by atoms with Crippen molar-refractivity contribution in [2.24, 2.45) is 5.16 Å². The molecule has 4 rings (SSSR count). The minimum atomic E-state index is -0.540. The molecule has 28 heavy (non-hydrogen) atoms. The zero-order valence-electron chi connectivity index (χ0n) is 15.3. The molecule has 2 aliphatic rings. The van der Waals surface area contributed by atoms with Crippen molar-refractivity contribution in [3.05, 3.63) is 57.8 Å². The molecule has 142 valence electrons. The molecule has 3 heterocycles. The van der Waals surface area contributed by atoms with Gasteiger partial charge in [0.05, 0.1) is 11.5 Å². The summed E-state index contributed by atoms with van der Waals surface area (Å²) in [5.41, 5.74) is 1.49. The first kappa shape index (κ1) is 17.8. The van der Waals surface area contributed by atoms with Gasteiger partial charge in [-0.05, 0) is 37.1 Å². The number of aryl methyl sites for hydroxylation is 1. The van der Waals surface area contributed by atoms with Crippen molar-refractivity contribution in [1.29, 1.82) is 0 Å². The van der Waals surface area contributed by atoms with Crippen LogP contribution in [-0.2, 0) is 4.84 Å². The Morgan fingerprint density at radius 1 is 1.32 bits per heavy atom. The van der Waals surface area contributed by atoms with Crippen LogP contribution in [0.3, 0.4) is 0 Å². The fourth-order valence-corrected chi connectivity index (χ4v) is 3.47. The number of hydrogen-bond acceptors (Lipinski definition) is 7. The molecule has 0 saturated carbocycles. The van der Waals surface area contributed by atoms with E-state index in [1.54, 1.807) is 30.3 Å². The second-order valence-electron chi connectivity index (χ2n) is 7.01. The molecule has 1 aromatic heterocycles. The lowest BCUT2D eigenvalue weighted by molar-refractivity contribution is -0.384. The van der Waals surface area contributed by atoms with Gasteiger partial charge in [0.15, 0.2) is 5.60 Å². The smallest absolute Gasteiger partial charge is 0.311 e. The number of pyridine rings is 1. The van der Waals surface area contributed by atoms with Crippen LogP contribution in [0.5, 0.6) is 5.75 Å². The van der Waals surface area contributed by atoms with Gasteiger partial charge in [-0.3, -0.25) is 10.1 Å². The van der Waals surface area contributed by atoms with E-state index in [-0.39, 0.29) is 11.4 Å². The van der Waals surface area contributed by atoms with E-state index in [2.05, 4.69) is 22.0 Å². The van der Waals surface area contributed by atoms with Crippen molar-refractivity contribution < 1.29 is 14.9 Å². The third-order valence-corrected chi connectivity index (χ3v) is 4.84. The number of phenols is 1. The molecule has 1 atom stereocenters. The zero-order valence-corrected chi connectivity index (χ0v) is 15.3. The van der Waals surface area contributed by atoms with Gasteiger partial charge in [0.2, 0.25) is 5.82 Å². The first-order valence-electron chi connectivity index (χ1n) is 8.87. The molecule has 0 radical (unpaired) electrons. The summed E-state index contributed by atoms with van der Waals surface area (Å²) in [7, 11) is 0. The predicted molar refractivity (Wildman–Crippen MR) is 103 cm³/mol. The minimum Gasteiger partial charge on any atom is -0.508 e. The summed E-state index contributed by atoms with van der Waals surface area (Å²) in [4.78, 5) is 22.9. The van der Waals surface area contributed by atoms with E-state index in [4.69, 9.17) is 4.84 Å². The Hall–Kier alpha value is -3.60. The maximum atomic E-state index is 11.3. The highest BCUT2D eigenvalue weighted by Crippen LogP contribution is 2.38. The monoisotopic (exact) mass is 378 g/mol. The van der Waals surface area contributed by atoms with Crippen LogP contribution in [-0.4, -0.2) is 39.4 Å². The normalized spacial score (nSPS) is 20.5. The molecule has 8 nitrogen and oxygen atoms in total. The Kier molecular flexibility index (Phi) is 4.35. The maximum absolute atomic E-state index is 11.3. The maximum Gasteiger partial charge on any atom is 0.311 e. The number of benzene rings is 1. The number of nitro groups is 1. The summed E-state index contributed by atoms with van der Waals surface area (Å²) in [5.74, 6) is 6.49. The number of anilines is 1. The summed E-state index contributed by atoms with van der Waals surface area (Å²) >= 11 is 0. The van der Waals surface area contributed by atoms with Gasteiger partial charge >= 0.3 is 5.69 Å². The van der Waals surface area contributed by atoms with Gasteiger partial charge in [-0.15, -0.1) is 0 Å². The quantitative estimate of drug-likeness (QED) is 0.490. The second-order valence-corrected chi connectivity index (χ2v) is 7.01. The van der Waals surface area contributed by atoms with Crippen LogP contribution in [0.2, 0.25) is 0 Å². The topological polar surface area (TPSA) is 101 Å². The Bertz CT molecular complexity index is 1040. The number of oxime groups is 1. The van der Waals surface area contributed by atoms with Crippen LogP contribution in [0, 0.1) is 28.9 Å². The average Bonchev–Trinajstić information content (AvgIpc) is 3.27. The molecule has 2 aromatic rings. The standard InChI is InChI=1S/C20H18N4O4/c1-14-5-8-18(24(26)27)19(21-14)23-10-9-20(13-23)12-16(22-28-20)7-6-15-3-2-4-17(25)11-15/h2-5,8,11,25H,9-10,12-13H2,1H3. The van der Waals surface area contributed by atoms with Gasteiger partial charge in [-0.25, -0.2) is 4.98 Å². The average molecular weight is 378 g/mol. The van der Waals surface area contributed by atoms with Crippen LogP contribution in [0.25, 0.3) is 0 Å². The van der Waals surface area contributed by atoms with Gasteiger partial charge in [-0.1, -0.05) is 17.1 Å². The number of phenolic OH excluding ortho intramolecular Hbond substituents is 1. The number of aromatic nitrogens is 1. The summed E-state index contributed by atoms with van der Waals surface area (Å²) in [6.45, 7) is 2.87. The van der Waals surface area contributed by atoms with Gasteiger partial charge in [-0.2, -0.15) is 0 Å². The van der Waals surface area contributed by atoms with Gasteiger partial charge in [0.1, 0.15) is 11.5 Å². The summed E-state index contributed by atoms with van der Waals surface area (Å²) < 4.78 is 0. The van der Waals surface area contributed by atoms with Crippen molar-refractivity contribution >= 4 is 17.2 Å². The van der Waals surface area contributed by atoms with Gasteiger partial charge in [0, 0.05) is 36.7 Å². The number of aromatic hydroxyl groups is 1. The Morgan fingerprint density at radius 2 is 2.18 bits per heavy atom. The molecule has 0 aliphatic carbocycles. The SMILES string of the molecule is Cc1ccc([N+](=O)[O-])c(N2CCC3(CC(C#Cc4cccc(O)c4)=NO3)C2)n1. The highest BCUT2D eigenvalue weighted by Gasteiger charge is 2.46. The van der Waals surface area contributed by atoms with E-state index in [9.17, 15) is 15.2 Å². The molecule has 1 N–H and O–H groups in total. The molecule has 1 aromatic carbocycles. The van der Waals surface area contributed by atoms with Gasteiger partial charge < -0.3 is 14.8 Å². The second kappa shape index (κ2) is 6.85. The molecular formula is C20H18N4O4. The summed E-state index contributed by atoms with van der Waals surface area (Å²) in [6.07, 6.45) is 1.22. The molecule has 1 unspecified atom stereocenters. The number of nitrogens with zero attached hydrogens (tertiary/aromatic N) is 4. The fourth-order valence-electron chi connectivity index (χ4n) is 3.47. The van der Waals surface area contributed by atoms with E-state index in [0.29, 0.717) is 43.0 Å². The van der Waals surface area contributed by atoms with Gasteiger partial charge in [0.25, 0.3) is 0 Å². The fraction of sp³-hybridized carbons (Fsp3) is 0.300. The molecule has 1 saturated heterocycles. The third kappa shape index (κ3) is 3.47. The van der Waals surface area contributed by atoms with E-state index in [0.717, 1.165) is 5.69 Å². The Morgan fingerprint density at radius 3 is 2.96 bits per heavy atom. The van der Waals surface area contributed by atoms with Crippen LogP contribution in [0.1, 0.15) is 24.1 Å². The van der Waals surface area contributed by atoms with E-state index < -0.39 is 10.5 Å². The van der Waals surface area contributed by atoms with Crippen LogP contribution in [0.15, 0.2) is 41.6 Å². The predicted octanol–water partition coefficient (Wildman–Crippen LogP) is 2.78. The first-order chi connectivity index (χ1) is 13.4. The molecule has 0 bridgehead atoms. The number of rotatable bonds is 2. The van der Waals surface area contributed by atoms with E-state index in [1.807, 2.05) is 11.8 Å². The summed E-state index contributed by atoms with van der Waals surface area (Å²) in [5, 5.41) is 25.0. The van der Waals surface area contributed by atoms with Crippen molar-refractivity contribution in [1.82, 2.24) is 4.98 Å². The van der Waals surface area contributed by atoms with E-state index >= 15 is 0 Å². The summed E-state index contributed by atoms with van der Waals surface area (Å²) in [6, 6.07) is 9.82. The van der Waals surface area contributed by atoms with Crippen molar-refractivity contribution in [2.45, 2.75) is 25.4 Å². The highest BCUT2D eigenvalue weighted by atomic mass is 16.7. The third-order valence-electron chi connectivity index (χ3n) is 4.84. The lowest BCUT2D eigenvalue weighted by atomic mass is 9.96. The van der Waals surface area contributed by atoms with Crippen LogP contribution in [0.4, 0.5) is 11.5 Å². The molecule has 1 spiro atoms. The lowest BCUT2D eigenvalue weighted by Gasteiger charge is -2.22. The highest BCUT2D eigenvalue weighted by molar-refractivity contribution is 6.02. The molecular weight excluding hydrogens is 360 g/mol. The first-order valence-corrected chi connectivity index (χ1v) is 8.87. The zero-order chi connectivity index (χ0) is 19.7. The largest absolute Gasteiger partial charge is 0.508 e. The van der Waals surface area contributed by atoms with E-state index in [1.165, 1.54) is 6.07 Å². The Balaban J connectivity index is 1.49. The Labute approximate surface area is 161 Å². The molecule has 1 fully saturated rings. The number of hydrogen-bond donors (Lipinski definition) is 1. The van der Waals surface area contributed by atoms with Crippen LogP contribution < -0.4 is 4.90 Å². The molecule has 2 aliphatic heterocycles. The van der Waals surface area contributed by atoms with Crippen molar-refractivity contribution in [3.8, 4) is 17.6 Å². The lowest BCUT2D eigenvalue weighted by Crippen LogP contribution is -2.34. The molecule has 8 heteroatoms. The van der Waals surface area contributed by atoms with Crippen molar-refractivity contribution in [3.63, 3.8) is 0 Å².